The van der Waals surface area contributed by atoms with Crippen molar-refractivity contribution in [3.63, 3.8) is 0 Å². The van der Waals surface area contributed by atoms with Crippen LogP contribution in [0, 0.1) is 0 Å². The van der Waals surface area contributed by atoms with E-state index in [0.29, 0.717) is 0 Å². The predicted octanol–water partition coefficient (Wildman–Crippen LogP) is 4.08. The van der Waals surface area contributed by atoms with Crippen LogP contribution < -0.4 is 0 Å². The molecule has 0 bridgehead atoms. The van der Waals surface area contributed by atoms with Crippen molar-refractivity contribution in [2.24, 2.45) is 0 Å². The van der Waals surface area contributed by atoms with Gasteiger partial charge in [0.05, 0.1) is 6.61 Å². The van der Waals surface area contributed by atoms with Gasteiger partial charge in [0.25, 0.3) is 0 Å². The van der Waals surface area contributed by atoms with Crippen LogP contribution in [0.25, 0.3) is 0 Å². The van der Waals surface area contributed by atoms with Crippen molar-refractivity contribution in [1.82, 2.24) is 0 Å². The van der Waals surface area contributed by atoms with Crippen LogP contribution in [0.2, 0.25) is 0 Å². The maximum atomic E-state index is 12.3. The van der Waals surface area contributed by atoms with E-state index in [1.54, 1.807) is 0 Å². The van der Waals surface area contributed by atoms with E-state index in [4.69, 9.17) is 28.4 Å². The van der Waals surface area contributed by atoms with Crippen molar-refractivity contribution in [3.05, 3.63) is 108 Å². The van der Waals surface area contributed by atoms with Crippen LogP contribution in [0.4, 0.5) is 0 Å². The molecule has 0 saturated carbocycles. The fourth-order valence-corrected chi connectivity index (χ4v) is 5.22. The number of carbonyl (C=O) groups excluding carboxylic acids is 4. The largest absolute Gasteiger partial charge is 0.456 e. The molecule has 1 fully saturated rings. The first-order valence-electron chi connectivity index (χ1n) is 13.8. The van der Waals surface area contributed by atoms with Gasteiger partial charge in [-0.3, -0.25) is 19.2 Å². The third-order valence-electron chi connectivity index (χ3n) is 6.78. The van der Waals surface area contributed by atoms with Gasteiger partial charge in [0.15, 0.2) is 12.2 Å². The molecule has 1 aliphatic rings. The van der Waals surface area contributed by atoms with Crippen molar-refractivity contribution in [2.75, 3.05) is 6.61 Å². The van der Waals surface area contributed by atoms with Gasteiger partial charge in [0.1, 0.15) is 11.7 Å². The normalized spacial score (nSPS) is 21.7. The lowest BCUT2D eigenvalue weighted by Crippen LogP contribution is -2.63. The summed E-state index contributed by atoms with van der Waals surface area (Å²) >= 11 is 0. The summed E-state index contributed by atoms with van der Waals surface area (Å²) in [6.07, 6.45) is -6.73. The van der Waals surface area contributed by atoms with Crippen LogP contribution >= 0.6 is 0 Å². The zero-order valence-corrected chi connectivity index (χ0v) is 24.3. The summed E-state index contributed by atoms with van der Waals surface area (Å²) in [6, 6.07) is 28.7. The number of carbonyl (C=O) groups is 4. The van der Waals surface area contributed by atoms with Crippen molar-refractivity contribution in [1.29, 1.82) is 0 Å². The van der Waals surface area contributed by atoms with E-state index in [1.807, 2.05) is 91.0 Å². The molecule has 1 saturated heterocycles. The maximum Gasteiger partial charge on any atom is 0.305 e. The average molecular weight is 591 g/mol. The maximum absolute atomic E-state index is 12.3. The lowest BCUT2D eigenvalue weighted by molar-refractivity contribution is -0.303. The van der Waals surface area contributed by atoms with E-state index in [0.717, 1.165) is 37.5 Å². The second-order valence-corrected chi connectivity index (χ2v) is 9.96. The highest BCUT2D eigenvalue weighted by Crippen LogP contribution is 2.41. The van der Waals surface area contributed by atoms with E-state index in [-0.39, 0.29) is 6.61 Å². The van der Waals surface area contributed by atoms with E-state index >= 15 is 0 Å². The minimum Gasteiger partial charge on any atom is -0.456 e. The standard InChI is InChI=1S/C33H34O10/c1-21(34)39-29-28(43-32(42-24(4)37)31(41-23(3)36)30(29)40-22(2)35)20-38-33(25-14-8-5-9-15-25,26-16-10-6-11-17-26)27-18-12-7-13-19-27/h5-19,28-32H,20H2,1-4H3/t28-,29-,30+,31-,32+/m1/s1. The summed E-state index contributed by atoms with van der Waals surface area (Å²) in [6.45, 7) is 4.40. The van der Waals surface area contributed by atoms with Crippen molar-refractivity contribution < 1.29 is 47.6 Å². The molecule has 0 aliphatic carbocycles. The molecule has 0 aromatic heterocycles. The lowest BCUT2D eigenvalue weighted by Gasteiger charge is -2.45. The predicted molar refractivity (Wildman–Crippen MR) is 152 cm³/mol. The SMILES string of the molecule is CC(=O)O[C@H]1O[C@H](COC(c2ccccc2)(c2ccccc2)c2ccccc2)[C@@H](OC(C)=O)[C@H](OC(C)=O)[C@H]1OC(C)=O. The Morgan fingerprint density at radius 1 is 0.558 bits per heavy atom. The highest BCUT2D eigenvalue weighted by atomic mass is 16.7. The topological polar surface area (TPSA) is 124 Å². The van der Waals surface area contributed by atoms with E-state index in [2.05, 4.69) is 0 Å². The minimum atomic E-state index is -1.49. The number of benzene rings is 3. The highest BCUT2D eigenvalue weighted by molar-refractivity contribution is 5.69. The molecule has 5 atom stereocenters. The van der Waals surface area contributed by atoms with Gasteiger partial charge in [-0.15, -0.1) is 0 Å². The first kappa shape index (κ1) is 31.4. The van der Waals surface area contributed by atoms with Crippen molar-refractivity contribution in [3.8, 4) is 0 Å². The summed E-state index contributed by atoms with van der Waals surface area (Å²) in [5.74, 6) is -2.93. The molecule has 10 nitrogen and oxygen atoms in total. The zero-order valence-electron chi connectivity index (χ0n) is 24.3. The number of hydrogen-bond donors (Lipinski definition) is 0. The number of ether oxygens (including phenoxy) is 6. The monoisotopic (exact) mass is 590 g/mol. The Labute approximate surface area is 249 Å². The second kappa shape index (κ2) is 14.1. The highest BCUT2D eigenvalue weighted by Gasteiger charge is 2.54. The smallest absolute Gasteiger partial charge is 0.305 e. The third kappa shape index (κ3) is 7.46. The van der Waals surface area contributed by atoms with E-state index in [9.17, 15) is 19.2 Å². The van der Waals surface area contributed by atoms with Gasteiger partial charge < -0.3 is 28.4 Å². The second-order valence-electron chi connectivity index (χ2n) is 9.96. The minimum absolute atomic E-state index is 0.237. The Bertz CT molecular complexity index is 1300. The van der Waals surface area contributed by atoms with E-state index < -0.39 is 60.2 Å². The summed E-state index contributed by atoms with van der Waals surface area (Å²) in [5.41, 5.74) is 1.24. The third-order valence-corrected chi connectivity index (χ3v) is 6.78. The molecule has 0 radical (unpaired) electrons. The fourth-order valence-electron chi connectivity index (χ4n) is 5.22. The first-order valence-corrected chi connectivity index (χ1v) is 13.8. The summed E-state index contributed by atoms with van der Waals surface area (Å²) in [5, 5.41) is 0. The lowest BCUT2D eigenvalue weighted by atomic mass is 9.80. The van der Waals surface area contributed by atoms with Crippen molar-refractivity contribution >= 4 is 23.9 Å². The first-order chi connectivity index (χ1) is 20.6. The van der Waals surface area contributed by atoms with Crippen LogP contribution in [0.1, 0.15) is 44.4 Å². The number of esters is 4. The van der Waals surface area contributed by atoms with Gasteiger partial charge in [0.2, 0.25) is 12.4 Å². The van der Waals surface area contributed by atoms with Crippen LogP contribution in [0.3, 0.4) is 0 Å². The molecule has 3 aromatic carbocycles. The van der Waals surface area contributed by atoms with Crippen LogP contribution in [-0.4, -0.2) is 61.2 Å². The van der Waals surface area contributed by atoms with Gasteiger partial charge in [-0.25, -0.2) is 0 Å². The zero-order chi connectivity index (χ0) is 31.0. The molecule has 0 N–H and O–H groups in total. The van der Waals surface area contributed by atoms with Crippen LogP contribution in [-0.2, 0) is 53.2 Å². The molecule has 10 heteroatoms. The molecular weight excluding hydrogens is 556 g/mol. The molecule has 0 amide bonds. The molecule has 1 aliphatic heterocycles. The Kier molecular flexibility index (Phi) is 10.3. The van der Waals surface area contributed by atoms with Gasteiger partial charge >= 0.3 is 23.9 Å². The molecule has 0 unspecified atom stereocenters. The fraction of sp³-hybridized carbons (Fsp3) is 0.333. The molecular formula is C33H34O10. The Morgan fingerprint density at radius 2 is 0.930 bits per heavy atom. The van der Waals surface area contributed by atoms with E-state index in [1.165, 1.54) is 6.92 Å². The summed E-state index contributed by atoms with van der Waals surface area (Å²) in [7, 11) is 0. The van der Waals surface area contributed by atoms with Crippen LogP contribution in [0.15, 0.2) is 91.0 Å². The Balaban J connectivity index is 1.83. The van der Waals surface area contributed by atoms with Crippen LogP contribution in [0.5, 0.6) is 0 Å². The number of rotatable bonds is 10. The quantitative estimate of drug-likeness (QED) is 0.194. The molecule has 43 heavy (non-hydrogen) atoms. The molecule has 3 aromatic rings. The molecule has 4 rings (SSSR count). The van der Waals surface area contributed by atoms with Crippen molar-refractivity contribution in [2.45, 2.75) is 64.0 Å². The average Bonchev–Trinajstić information content (AvgIpc) is 2.97. The van der Waals surface area contributed by atoms with Gasteiger partial charge in [-0.2, -0.15) is 0 Å². The van der Waals surface area contributed by atoms with Gasteiger partial charge in [-0.05, 0) is 16.7 Å². The van der Waals surface area contributed by atoms with Gasteiger partial charge in [-0.1, -0.05) is 91.0 Å². The van der Waals surface area contributed by atoms with Gasteiger partial charge in [0, 0.05) is 27.7 Å². The summed E-state index contributed by atoms with van der Waals surface area (Å²) < 4.78 is 34.9. The molecule has 226 valence electrons. The number of hydrogen-bond acceptors (Lipinski definition) is 10. The Hall–Kier alpha value is -4.54. The molecule has 1 heterocycles. The summed E-state index contributed by atoms with van der Waals surface area (Å²) in [4.78, 5) is 48.6. The Morgan fingerprint density at radius 3 is 1.33 bits per heavy atom. The molecule has 0 spiro atoms.